The highest BCUT2D eigenvalue weighted by atomic mass is 16.6. The van der Waals surface area contributed by atoms with Crippen molar-refractivity contribution in [1.82, 2.24) is 0 Å². The zero-order valence-corrected chi connectivity index (χ0v) is 22.3. The zero-order chi connectivity index (χ0) is 26.3. The predicted octanol–water partition coefficient (Wildman–Crippen LogP) is 5.37. The highest BCUT2D eigenvalue weighted by Gasteiger charge is 2.22. The second-order valence-corrected chi connectivity index (χ2v) is 10.2. The van der Waals surface area contributed by atoms with Gasteiger partial charge in [0.05, 0.1) is 31.5 Å². The maximum absolute atomic E-state index is 12.0. The fourth-order valence-corrected chi connectivity index (χ4v) is 4.72. The molecule has 36 heavy (non-hydrogen) atoms. The number of hydrogen-bond acceptors (Lipinski definition) is 6. The second-order valence-electron chi connectivity index (χ2n) is 10.2. The van der Waals surface area contributed by atoms with Gasteiger partial charge in [0.2, 0.25) is 0 Å². The molecule has 6 atom stereocenters. The van der Waals surface area contributed by atoms with Gasteiger partial charge in [-0.25, -0.2) is 4.79 Å². The van der Waals surface area contributed by atoms with E-state index in [9.17, 15) is 15.0 Å². The van der Waals surface area contributed by atoms with Crippen LogP contribution in [-0.4, -0.2) is 59.9 Å². The molecule has 0 aromatic carbocycles. The molecule has 2 aliphatic heterocycles. The van der Waals surface area contributed by atoms with Gasteiger partial charge in [-0.3, -0.25) is 0 Å². The van der Waals surface area contributed by atoms with E-state index >= 15 is 0 Å². The largest absolute Gasteiger partial charge is 0.456 e. The summed E-state index contributed by atoms with van der Waals surface area (Å²) in [6.45, 7) is 11.4. The summed E-state index contributed by atoms with van der Waals surface area (Å²) >= 11 is 0. The van der Waals surface area contributed by atoms with E-state index in [1.54, 1.807) is 19.1 Å². The summed E-state index contributed by atoms with van der Waals surface area (Å²) in [5.74, 6) is -0.0334. The van der Waals surface area contributed by atoms with E-state index in [1.165, 1.54) is 11.6 Å². The van der Waals surface area contributed by atoms with E-state index in [1.807, 2.05) is 12.2 Å². The molecule has 0 saturated carbocycles. The maximum atomic E-state index is 12.0. The van der Waals surface area contributed by atoms with E-state index in [-0.39, 0.29) is 12.2 Å². The standard InChI is InChI=1S/C30H46O6/c1-5-9-30(33)36-29(28(32)14-13-27-20-22(2)15-17-35-27)12-8-10-25(31)19-23(3)18-24(4)21-26-11-6-7-16-34-26/h5-7,9,13-15,24-29,31-32H,3,8,10-12,16-21H2,1-2,4H3/b9-5-,14-13+. The molecule has 2 aliphatic rings. The minimum Gasteiger partial charge on any atom is -0.456 e. The van der Waals surface area contributed by atoms with Crippen molar-refractivity contribution in [2.45, 2.75) is 103 Å². The summed E-state index contributed by atoms with van der Waals surface area (Å²) in [5, 5.41) is 21.3. The van der Waals surface area contributed by atoms with Gasteiger partial charge >= 0.3 is 5.97 Å². The second kappa shape index (κ2) is 16.7. The first-order valence-electron chi connectivity index (χ1n) is 13.3. The summed E-state index contributed by atoms with van der Waals surface area (Å²) in [6.07, 6.45) is 16.5. The molecule has 6 unspecified atom stereocenters. The Hall–Kier alpha value is -1.99. The molecule has 202 valence electrons. The van der Waals surface area contributed by atoms with Crippen LogP contribution in [0.4, 0.5) is 0 Å². The molecule has 0 radical (unpaired) electrons. The lowest BCUT2D eigenvalue weighted by atomic mass is 9.91. The molecule has 0 amide bonds. The number of aliphatic hydroxyl groups is 2. The minimum atomic E-state index is -0.946. The molecule has 6 heteroatoms. The van der Waals surface area contributed by atoms with Crippen molar-refractivity contribution in [1.29, 1.82) is 0 Å². The molecule has 0 aromatic rings. The average Bonchev–Trinajstić information content (AvgIpc) is 2.82. The summed E-state index contributed by atoms with van der Waals surface area (Å²) in [7, 11) is 0. The fourth-order valence-electron chi connectivity index (χ4n) is 4.72. The van der Waals surface area contributed by atoms with Gasteiger partial charge in [0.1, 0.15) is 12.2 Å². The topological polar surface area (TPSA) is 85.2 Å². The Morgan fingerprint density at radius 3 is 2.72 bits per heavy atom. The molecular formula is C30H46O6. The predicted molar refractivity (Wildman–Crippen MR) is 143 cm³/mol. The number of esters is 1. The zero-order valence-electron chi connectivity index (χ0n) is 22.3. The van der Waals surface area contributed by atoms with Crippen molar-refractivity contribution >= 4 is 5.97 Å². The minimum absolute atomic E-state index is 0.0899. The third kappa shape index (κ3) is 12.3. The van der Waals surface area contributed by atoms with E-state index in [4.69, 9.17) is 14.2 Å². The molecule has 6 nitrogen and oxygen atoms in total. The van der Waals surface area contributed by atoms with E-state index in [0.29, 0.717) is 44.8 Å². The molecule has 0 spiro atoms. The Morgan fingerprint density at radius 1 is 1.22 bits per heavy atom. The van der Waals surface area contributed by atoms with Gasteiger partial charge in [0.15, 0.2) is 0 Å². The summed E-state index contributed by atoms with van der Waals surface area (Å²) < 4.78 is 16.9. The molecule has 2 rings (SSSR count). The summed E-state index contributed by atoms with van der Waals surface area (Å²) in [4.78, 5) is 12.0. The first-order valence-corrected chi connectivity index (χ1v) is 13.3. The Kier molecular flexibility index (Phi) is 14.0. The van der Waals surface area contributed by atoms with Crippen LogP contribution in [0.25, 0.3) is 0 Å². The van der Waals surface area contributed by atoms with Gasteiger partial charge < -0.3 is 24.4 Å². The van der Waals surface area contributed by atoms with Crippen LogP contribution < -0.4 is 0 Å². The van der Waals surface area contributed by atoms with Gasteiger partial charge in [-0.05, 0) is 71.1 Å². The van der Waals surface area contributed by atoms with Crippen LogP contribution in [0.2, 0.25) is 0 Å². The first-order chi connectivity index (χ1) is 17.3. The number of carbonyl (C=O) groups excluding carboxylic acids is 1. The summed E-state index contributed by atoms with van der Waals surface area (Å²) in [5.41, 5.74) is 2.29. The molecule has 2 heterocycles. The van der Waals surface area contributed by atoms with E-state index in [2.05, 4.69) is 32.6 Å². The van der Waals surface area contributed by atoms with Crippen LogP contribution in [0.15, 0.2) is 60.3 Å². The molecule has 0 fully saturated rings. The normalized spacial score (nSPS) is 23.9. The lowest BCUT2D eigenvalue weighted by Crippen LogP contribution is -2.30. The molecule has 2 N–H and O–H groups in total. The van der Waals surface area contributed by atoms with Crippen molar-refractivity contribution < 1.29 is 29.2 Å². The summed E-state index contributed by atoms with van der Waals surface area (Å²) in [6, 6.07) is 0. The maximum Gasteiger partial charge on any atom is 0.330 e. The molecular weight excluding hydrogens is 456 g/mol. The fraction of sp³-hybridized carbons (Fsp3) is 0.633. The number of hydrogen-bond donors (Lipinski definition) is 2. The van der Waals surface area contributed by atoms with Crippen molar-refractivity contribution in [3.63, 3.8) is 0 Å². The molecule has 0 bridgehead atoms. The highest BCUT2D eigenvalue weighted by Crippen LogP contribution is 2.24. The van der Waals surface area contributed by atoms with E-state index in [0.717, 1.165) is 31.3 Å². The third-order valence-corrected chi connectivity index (χ3v) is 6.59. The van der Waals surface area contributed by atoms with Gasteiger partial charge in [-0.2, -0.15) is 0 Å². The number of carbonyl (C=O) groups is 1. The number of aliphatic hydroxyl groups excluding tert-OH is 2. The molecule has 0 aliphatic carbocycles. The molecule has 0 aromatic heterocycles. The van der Waals surface area contributed by atoms with Crippen LogP contribution >= 0.6 is 0 Å². The lowest BCUT2D eigenvalue weighted by molar-refractivity contribution is -0.147. The smallest absolute Gasteiger partial charge is 0.330 e. The number of ether oxygens (including phenoxy) is 3. The van der Waals surface area contributed by atoms with Crippen molar-refractivity contribution in [3.8, 4) is 0 Å². The van der Waals surface area contributed by atoms with Gasteiger partial charge in [-0.1, -0.05) is 61.1 Å². The van der Waals surface area contributed by atoms with Crippen LogP contribution in [0.1, 0.15) is 72.1 Å². The quantitative estimate of drug-likeness (QED) is 0.178. The Bertz CT molecular complexity index is 795. The SMILES string of the molecule is C=C(CC(C)CC1CC=CCO1)CC(O)CCCC(OC(=O)/C=C\C)C(O)/C=C/C1CC(C)=CCO1. The highest BCUT2D eigenvalue weighted by molar-refractivity contribution is 5.82. The number of rotatable bonds is 15. The van der Waals surface area contributed by atoms with Crippen LogP contribution in [0.5, 0.6) is 0 Å². The van der Waals surface area contributed by atoms with Crippen molar-refractivity contribution in [2.24, 2.45) is 5.92 Å². The van der Waals surface area contributed by atoms with Crippen LogP contribution in [-0.2, 0) is 19.0 Å². The monoisotopic (exact) mass is 502 g/mol. The van der Waals surface area contributed by atoms with Crippen molar-refractivity contribution in [3.05, 3.63) is 60.3 Å². The Morgan fingerprint density at radius 2 is 2.03 bits per heavy atom. The van der Waals surface area contributed by atoms with Crippen molar-refractivity contribution in [2.75, 3.05) is 13.2 Å². The third-order valence-electron chi connectivity index (χ3n) is 6.59. The van der Waals surface area contributed by atoms with Crippen LogP contribution in [0, 0.1) is 5.92 Å². The van der Waals surface area contributed by atoms with Gasteiger partial charge in [-0.15, -0.1) is 0 Å². The van der Waals surface area contributed by atoms with E-state index < -0.39 is 24.3 Å². The van der Waals surface area contributed by atoms with Gasteiger partial charge in [0, 0.05) is 6.08 Å². The first kappa shape index (κ1) is 30.2. The number of allylic oxidation sites excluding steroid dienone is 1. The average molecular weight is 503 g/mol. The Balaban J connectivity index is 1.77. The lowest BCUT2D eigenvalue weighted by Gasteiger charge is -2.24. The van der Waals surface area contributed by atoms with Gasteiger partial charge in [0.25, 0.3) is 0 Å². The molecule has 0 saturated heterocycles. The van der Waals surface area contributed by atoms with Crippen LogP contribution in [0.3, 0.4) is 0 Å². The Labute approximate surface area is 217 Å².